The lowest BCUT2D eigenvalue weighted by molar-refractivity contribution is -0.119. The number of amides is 1. The van der Waals surface area contributed by atoms with Crippen LogP contribution in [0.25, 0.3) is 0 Å². The lowest BCUT2D eigenvalue weighted by Crippen LogP contribution is -2.42. The highest BCUT2D eigenvalue weighted by Crippen LogP contribution is 2.16. The molecule has 3 nitrogen and oxygen atoms in total. The van der Waals surface area contributed by atoms with Gasteiger partial charge in [0.2, 0.25) is 5.91 Å². The molecule has 66 valence electrons. The maximum absolute atomic E-state index is 10.6. The van der Waals surface area contributed by atoms with Crippen molar-refractivity contribution in [3.05, 3.63) is 0 Å². The average Bonchev–Trinajstić information content (AvgIpc) is 2.15. The summed E-state index contributed by atoms with van der Waals surface area (Å²) in [6.45, 7) is 1.53. The first-order valence-electron chi connectivity index (χ1n) is 3.73. The summed E-state index contributed by atoms with van der Waals surface area (Å²) >= 11 is 0. The Bertz CT molecular complexity index is 140. The number of hydrogen-bond donors (Lipinski definition) is 2. The van der Waals surface area contributed by atoms with Crippen LogP contribution in [0.2, 0.25) is 0 Å². The Morgan fingerprint density at radius 1 is 1.55 bits per heavy atom. The third-order valence-corrected chi connectivity index (χ3v) is 1.96. The van der Waals surface area contributed by atoms with Crippen molar-refractivity contribution in [2.24, 2.45) is 5.73 Å². The molecule has 1 fully saturated rings. The lowest BCUT2D eigenvalue weighted by Gasteiger charge is -2.15. The number of hydrogen-bond acceptors (Lipinski definition) is 2. The van der Waals surface area contributed by atoms with Crippen molar-refractivity contribution >= 4 is 18.3 Å². The molecule has 0 radical (unpaired) electrons. The van der Waals surface area contributed by atoms with E-state index in [1.807, 2.05) is 0 Å². The highest BCUT2D eigenvalue weighted by molar-refractivity contribution is 5.85. The summed E-state index contributed by atoms with van der Waals surface area (Å²) in [5, 5.41) is 2.83. The van der Waals surface area contributed by atoms with Gasteiger partial charge in [0, 0.05) is 19.0 Å². The molecule has 4 heteroatoms. The van der Waals surface area contributed by atoms with Gasteiger partial charge in [0.25, 0.3) is 0 Å². The molecule has 0 saturated heterocycles. The number of nitrogens with two attached hydrogens (primary N) is 1. The van der Waals surface area contributed by atoms with Crippen LogP contribution in [0.1, 0.15) is 26.2 Å². The summed E-state index contributed by atoms with van der Waals surface area (Å²) < 4.78 is 0. The second-order valence-electron chi connectivity index (χ2n) is 2.90. The van der Waals surface area contributed by atoms with Crippen LogP contribution in [0, 0.1) is 0 Å². The first-order chi connectivity index (χ1) is 4.70. The second-order valence-corrected chi connectivity index (χ2v) is 2.90. The van der Waals surface area contributed by atoms with Crippen molar-refractivity contribution in [2.75, 3.05) is 0 Å². The molecule has 1 amide bonds. The molecule has 11 heavy (non-hydrogen) atoms. The Morgan fingerprint density at radius 3 is 2.55 bits per heavy atom. The fourth-order valence-corrected chi connectivity index (χ4v) is 1.43. The predicted octanol–water partition coefficient (Wildman–Crippen LogP) is 0.424. The summed E-state index contributed by atoms with van der Waals surface area (Å²) in [5.74, 6) is 0.0300. The first-order valence-corrected chi connectivity index (χ1v) is 3.73. The SMILES string of the molecule is CC(=O)N[C@@H]1CCC[C@H]1N.Cl. The van der Waals surface area contributed by atoms with E-state index in [1.54, 1.807) is 0 Å². The van der Waals surface area contributed by atoms with Crippen LogP contribution in [-0.4, -0.2) is 18.0 Å². The molecule has 0 spiro atoms. The summed E-state index contributed by atoms with van der Waals surface area (Å²) in [7, 11) is 0. The van der Waals surface area contributed by atoms with Crippen molar-refractivity contribution in [1.82, 2.24) is 5.32 Å². The van der Waals surface area contributed by atoms with Crippen molar-refractivity contribution in [2.45, 2.75) is 38.3 Å². The van der Waals surface area contributed by atoms with Gasteiger partial charge in [0.1, 0.15) is 0 Å². The molecule has 0 aliphatic heterocycles. The van der Waals surface area contributed by atoms with Gasteiger partial charge in [-0.05, 0) is 19.3 Å². The van der Waals surface area contributed by atoms with Crippen molar-refractivity contribution in [3.63, 3.8) is 0 Å². The quantitative estimate of drug-likeness (QED) is 0.612. The summed E-state index contributed by atoms with van der Waals surface area (Å²) in [6.07, 6.45) is 3.23. The van der Waals surface area contributed by atoms with Gasteiger partial charge in [-0.3, -0.25) is 4.79 Å². The highest BCUT2D eigenvalue weighted by Gasteiger charge is 2.23. The van der Waals surface area contributed by atoms with Crippen LogP contribution in [0.5, 0.6) is 0 Å². The van der Waals surface area contributed by atoms with E-state index in [1.165, 1.54) is 6.92 Å². The zero-order chi connectivity index (χ0) is 7.56. The lowest BCUT2D eigenvalue weighted by atomic mass is 10.2. The van der Waals surface area contributed by atoms with Gasteiger partial charge < -0.3 is 11.1 Å². The Labute approximate surface area is 73.1 Å². The van der Waals surface area contributed by atoms with E-state index in [9.17, 15) is 4.79 Å². The van der Waals surface area contributed by atoms with Crippen LogP contribution >= 0.6 is 12.4 Å². The van der Waals surface area contributed by atoms with E-state index in [0.29, 0.717) is 0 Å². The Hall–Kier alpha value is -0.280. The zero-order valence-corrected chi connectivity index (χ0v) is 7.49. The van der Waals surface area contributed by atoms with Gasteiger partial charge in [-0.1, -0.05) is 0 Å². The molecule has 0 aromatic rings. The van der Waals surface area contributed by atoms with E-state index < -0.39 is 0 Å². The molecule has 0 aromatic heterocycles. The van der Waals surface area contributed by atoms with Crippen LogP contribution in [0.3, 0.4) is 0 Å². The number of rotatable bonds is 1. The largest absolute Gasteiger partial charge is 0.352 e. The number of carbonyl (C=O) groups is 1. The first kappa shape index (κ1) is 10.7. The van der Waals surface area contributed by atoms with Crippen LogP contribution in [-0.2, 0) is 4.79 Å². The van der Waals surface area contributed by atoms with Crippen LogP contribution in [0.15, 0.2) is 0 Å². The van der Waals surface area contributed by atoms with Gasteiger partial charge in [0.05, 0.1) is 0 Å². The van der Waals surface area contributed by atoms with Crippen molar-refractivity contribution < 1.29 is 4.79 Å². The smallest absolute Gasteiger partial charge is 0.217 e. The summed E-state index contributed by atoms with van der Waals surface area (Å²) in [6, 6.07) is 0.418. The van der Waals surface area contributed by atoms with Gasteiger partial charge in [-0.2, -0.15) is 0 Å². The van der Waals surface area contributed by atoms with E-state index in [4.69, 9.17) is 5.73 Å². The Morgan fingerprint density at radius 2 is 2.18 bits per heavy atom. The number of nitrogens with one attached hydrogen (secondary N) is 1. The molecule has 3 N–H and O–H groups in total. The fraction of sp³-hybridized carbons (Fsp3) is 0.857. The second kappa shape index (κ2) is 4.57. The molecule has 1 saturated carbocycles. The van der Waals surface area contributed by atoms with Crippen molar-refractivity contribution in [1.29, 1.82) is 0 Å². The molecule has 0 aromatic carbocycles. The molecule has 2 atom stereocenters. The minimum atomic E-state index is 0. The normalized spacial score (nSPS) is 29.3. The Balaban J connectivity index is 0.000001000. The monoisotopic (exact) mass is 178 g/mol. The van der Waals surface area contributed by atoms with E-state index >= 15 is 0 Å². The number of halogens is 1. The van der Waals surface area contributed by atoms with E-state index in [2.05, 4.69) is 5.32 Å². The van der Waals surface area contributed by atoms with Gasteiger partial charge in [-0.25, -0.2) is 0 Å². The highest BCUT2D eigenvalue weighted by atomic mass is 35.5. The molecule has 0 bridgehead atoms. The molecule has 1 aliphatic rings. The minimum absolute atomic E-state index is 0. The maximum atomic E-state index is 10.6. The maximum Gasteiger partial charge on any atom is 0.217 e. The molecule has 1 aliphatic carbocycles. The topological polar surface area (TPSA) is 55.1 Å². The van der Waals surface area contributed by atoms with E-state index in [-0.39, 0.29) is 30.4 Å². The summed E-state index contributed by atoms with van der Waals surface area (Å²) in [5.41, 5.74) is 5.71. The molecule has 0 unspecified atom stereocenters. The molecular weight excluding hydrogens is 164 g/mol. The summed E-state index contributed by atoms with van der Waals surface area (Å²) in [4.78, 5) is 10.6. The van der Waals surface area contributed by atoms with Gasteiger partial charge in [-0.15, -0.1) is 12.4 Å². The van der Waals surface area contributed by atoms with E-state index in [0.717, 1.165) is 19.3 Å². The van der Waals surface area contributed by atoms with Crippen molar-refractivity contribution in [3.8, 4) is 0 Å². The molecule has 0 heterocycles. The molecular formula is C7H15ClN2O. The van der Waals surface area contributed by atoms with Gasteiger partial charge >= 0.3 is 0 Å². The standard InChI is InChI=1S/C7H14N2O.ClH/c1-5(10)9-7-4-2-3-6(7)8;/h6-7H,2-4,8H2,1H3,(H,9,10);1H/t6-,7-;/m1./s1. The van der Waals surface area contributed by atoms with Crippen LogP contribution in [0.4, 0.5) is 0 Å². The Kier molecular flexibility index (Phi) is 4.45. The van der Waals surface area contributed by atoms with Gasteiger partial charge in [0.15, 0.2) is 0 Å². The molecule has 1 rings (SSSR count). The predicted molar refractivity (Wildman–Crippen MR) is 46.7 cm³/mol. The third kappa shape index (κ3) is 3.08. The fourth-order valence-electron chi connectivity index (χ4n) is 1.43. The number of carbonyl (C=O) groups excluding carboxylic acids is 1. The minimum Gasteiger partial charge on any atom is -0.352 e. The zero-order valence-electron chi connectivity index (χ0n) is 6.67. The average molecular weight is 179 g/mol. The third-order valence-electron chi connectivity index (χ3n) is 1.96. The van der Waals surface area contributed by atoms with Crippen LogP contribution < -0.4 is 11.1 Å².